The summed E-state index contributed by atoms with van der Waals surface area (Å²) in [6, 6.07) is 0. The Morgan fingerprint density at radius 2 is 1.73 bits per heavy atom. The maximum Gasteiger partial charge on any atom is 0.537 e. The highest BCUT2D eigenvalue weighted by Crippen LogP contribution is 2.39. The SMILES string of the molecule is CSCCC1(N)C(=O)OC(C)(C)O[Si]1(OC(C)C)OC(C)C. The van der Waals surface area contributed by atoms with Crippen LogP contribution in [-0.4, -0.2) is 49.9 Å². The van der Waals surface area contributed by atoms with Crippen LogP contribution >= 0.6 is 11.8 Å². The Hall–Kier alpha value is -0.123. The summed E-state index contributed by atoms with van der Waals surface area (Å²) in [4.78, 5) is 12.7. The fraction of sp³-hybridized carbons (Fsp3) is 0.929. The van der Waals surface area contributed by atoms with Gasteiger partial charge in [0, 0.05) is 26.1 Å². The van der Waals surface area contributed by atoms with Crippen molar-refractivity contribution in [3.63, 3.8) is 0 Å². The molecule has 6 nitrogen and oxygen atoms in total. The number of nitrogens with two attached hydrogens (primary N) is 1. The van der Waals surface area contributed by atoms with E-state index in [2.05, 4.69) is 0 Å². The average Bonchev–Trinajstić information content (AvgIpc) is 2.30. The highest BCUT2D eigenvalue weighted by molar-refractivity contribution is 7.98. The van der Waals surface area contributed by atoms with Crippen molar-refractivity contribution >= 4 is 26.5 Å². The normalized spacial score (nSPS) is 27.3. The van der Waals surface area contributed by atoms with Gasteiger partial charge in [0.25, 0.3) is 0 Å². The molecule has 0 radical (unpaired) electrons. The molecule has 1 unspecified atom stereocenters. The van der Waals surface area contributed by atoms with Gasteiger partial charge in [-0.25, -0.2) is 0 Å². The molecule has 1 atom stereocenters. The monoisotopic (exact) mass is 351 g/mol. The zero-order chi connectivity index (χ0) is 17.2. The van der Waals surface area contributed by atoms with Gasteiger partial charge in [0.15, 0.2) is 5.16 Å². The molecule has 0 bridgehead atoms. The number of carbonyl (C=O) groups excluding carboxylic acids is 1. The van der Waals surface area contributed by atoms with Gasteiger partial charge in [-0.2, -0.15) is 11.8 Å². The molecule has 0 aromatic heterocycles. The maximum atomic E-state index is 12.7. The lowest BCUT2D eigenvalue weighted by Crippen LogP contribution is -2.80. The third kappa shape index (κ3) is 4.24. The number of hydrogen-bond donors (Lipinski definition) is 1. The standard InChI is InChI=1S/C14H29NO5SSi/c1-10(2)18-22(19-11(3)4)14(15,8-9-21-7)12(16)17-13(5,6)20-22/h10-11H,8-9,15H2,1-7H3. The first-order valence-corrected chi connectivity index (χ1v) is 10.7. The lowest BCUT2D eigenvalue weighted by molar-refractivity contribution is -0.227. The third-order valence-corrected chi connectivity index (χ3v) is 7.59. The summed E-state index contributed by atoms with van der Waals surface area (Å²) in [5.74, 6) is -0.937. The minimum atomic E-state index is -3.51. The number of hydrogen-bond acceptors (Lipinski definition) is 7. The van der Waals surface area contributed by atoms with Crippen LogP contribution in [0.15, 0.2) is 0 Å². The number of ether oxygens (including phenoxy) is 1. The summed E-state index contributed by atoms with van der Waals surface area (Å²) in [5, 5.41) is -1.39. The van der Waals surface area contributed by atoms with E-state index in [0.717, 1.165) is 0 Å². The summed E-state index contributed by atoms with van der Waals surface area (Å²) in [5.41, 5.74) is 6.48. The number of thioether (sulfide) groups is 1. The van der Waals surface area contributed by atoms with E-state index < -0.39 is 25.7 Å². The molecule has 1 aliphatic rings. The van der Waals surface area contributed by atoms with Crippen molar-refractivity contribution in [1.82, 2.24) is 0 Å². The minimum Gasteiger partial charge on any atom is -0.433 e. The molecule has 0 aromatic carbocycles. The van der Waals surface area contributed by atoms with Crippen LogP contribution in [0, 0.1) is 0 Å². The van der Waals surface area contributed by atoms with Crippen molar-refractivity contribution in [2.75, 3.05) is 12.0 Å². The van der Waals surface area contributed by atoms with Crippen molar-refractivity contribution in [3.05, 3.63) is 0 Å². The second-order valence-corrected chi connectivity index (χ2v) is 10.2. The van der Waals surface area contributed by atoms with Gasteiger partial charge in [0.05, 0.1) is 0 Å². The van der Waals surface area contributed by atoms with E-state index in [-0.39, 0.29) is 12.2 Å². The van der Waals surface area contributed by atoms with E-state index in [0.29, 0.717) is 12.2 Å². The first-order chi connectivity index (χ1) is 9.98. The molecular weight excluding hydrogens is 322 g/mol. The summed E-state index contributed by atoms with van der Waals surface area (Å²) >= 11 is 1.60. The molecule has 1 saturated heterocycles. The van der Waals surface area contributed by atoms with Crippen molar-refractivity contribution in [2.45, 2.75) is 71.1 Å². The van der Waals surface area contributed by atoms with Crippen molar-refractivity contribution in [1.29, 1.82) is 0 Å². The molecule has 22 heavy (non-hydrogen) atoms. The number of cyclic esters (lactones) is 1. The Balaban J connectivity index is 3.33. The Bertz CT molecular complexity index is 395. The van der Waals surface area contributed by atoms with E-state index in [9.17, 15) is 4.79 Å². The van der Waals surface area contributed by atoms with Crippen LogP contribution in [0.1, 0.15) is 48.0 Å². The first-order valence-electron chi connectivity index (χ1n) is 7.55. The van der Waals surface area contributed by atoms with Crippen molar-refractivity contribution in [2.24, 2.45) is 5.73 Å². The molecule has 1 heterocycles. The molecule has 0 aromatic rings. The molecule has 0 amide bonds. The first kappa shape index (κ1) is 19.9. The van der Waals surface area contributed by atoms with Crippen LogP contribution in [-0.2, 0) is 22.8 Å². The largest absolute Gasteiger partial charge is 0.537 e. The van der Waals surface area contributed by atoms with E-state index >= 15 is 0 Å². The van der Waals surface area contributed by atoms with Crippen LogP contribution in [0.3, 0.4) is 0 Å². The van der Waals surface area contributed by atoms with Crippen molar-refractivity contribution in [3.8, 4) is 0 Å². The second-order valence-electron chi connectivity index (χ2n) is 6.49. The van der Waals surface area contributed by atoms with Crippen LogP contribution in [0.4, 0.5) is 0 Å². The van der Waals surface area contributed by atoms with Gasteiger partial charge < -0.3 is 23.7 Å². The van der Waals surface area contributed by atoms with Gasteiger partial charge in [0.2, 0.25) is 5.79 Å². The Morgan fingerprint density at radius 1 is 1.23 bits per heavy atom. The molecule has 0 aliphatic carbocycles. The molecule has 0 spiro atoms. The number of esters is 1. The van der Waals surface area contributed by atoms with E-state index in [1.54, 1.807) is 25.6 Å². The summed E-state index contributed by atoms with van der Waals surface area (Å²) < 4.78 is 23.6. The maximum absolute atomic E-state index is 12.7. The van der Waals surface area contributed by atoms with Gasteiger partial charge in [0.1, 0.15) is 0 Å². The summed E-state index contributed by atoms with van der Waals surface area (Å²) in [6.07, 6.45) is 1.99. The second kappa shape index (κ2) is 7.19. The molecular formula is C14H29NO5SSi. The zero-order valence-electron chi connectivity index (χ0n) is 14.6. The quantitative estimate of drug-likeness (QED) is 0.555. The average molecular weight is 352 g/mol. The van der Waals surface area contributed by atoms with E-state index in [1.807, 2.05) is 34.0 Å². The van der Waals surface area contributed by atoms with Gasteiger partial charge >= 0.3 is 14.8 Å². The van der Waals surface area contributed by atoms with Gasteiger partial charge in [-0.05, 0) is 46.1 Å². The van der Waals surface area contributed by atoms with Gasteiger partial charge in [-0.15, -0.1) is 0 Å². The highest BCUT2D eigenvalue weighted by Gasteiger charge is 2.71. The topological polar surface area (TPSA) is 80.0 Å². The zero-order valence-corrected chi connectivity index (χ0v) is 16.4. The smallest absolute Gasteiger partial charge is 0.433 e. The predicted molar refractivity (Wildman–Crippen MR) is 89.4 cm³/mol. The summed E-state index contributed by atoms with van der Waals surface area (Å²) in [7, 11) is -3.51. The predicted octanol–water partition coefficient (Wildman–Crippen LogP) is 2.07. The molecule has 0 saturated carbocycles. The lowest BCUT2D eigenvalue weighted by atomic mass is 10.2. The minimum absolute atomic E-state index is 0.177. The van der Waals surface area contributed by atoms with Crippen LogP contribution in [0.5, 0.6) is 0 Å². The number of carbonyl (C=O) groups is 1. The highest BCUT2D eigenvalue weighted by atomic mass is 32.2. The van der Waals surface area contributed by atoms with Crippen LogP contribution in [0.25, 0.3) is 0 Å². The molecule has 1 fully saturated rings. The molecule has 1 rings (SSSR count). The van der Waals surface area contributed by atoms with Crippen LogP contribution in [0.2, 0.25) is 0 Å². The summed E-state index contributed by atoms with van der Waals surface area (Å²) in [6.45, 7) is 10.9. The van der Waals surface area contributed by atoms with Crippen LogP contribution < -0.4 is 5.73 Å². The number of rotatable bonds is 7. The fourth-order valence-electron chi connectivity index (χ4n) is 2.30. The molecule has 8 heteroatoms. The Kier molecular flexibility index (Phi) is 6.51. The van der Waals surface area contributed by atoms with E-state index in [4.69, 9.17) is 23.7 Å². The van der Waals surface area contributed by atoms with Gasteiger partial charge in [-0.3, -0.25) is 4.79 Å². The molecule has 1 aliphatic heterocycles. The third-order valence-electron chi connectivity index (χ3n) is 3.11. The van der Waals surface area contributed by atoms with E-state index in [1.165, 1.54) is 0 Å². The molecule has 2 N–H and O–H groups in total. The van der Waals surface area contributed by atoms with Gasteiger partial charge in [-0.1, -0.05) is 0 Å². The lowest BCUT2D eigenvalue weighted by Gasteiger charge is -2.50. The Labute approximate surface area is 138 Å². The fourth-order valence-corrected chi connectivity index (χ4v) is 6.42. The van der Waals surface area contributed by atoms with Crippen molar-refractivity contribution < 1.29 is 22.8 Å². The molecule has 130 valence electrons. The Morgan fingerprint density at radius 3 is 2.14 bits per heavy atom.